The van der Waals surface area contributed by atoms with Crippen molar-refractivity contribution in [3.63, 3.8) is 0 Å². The maximum absolute atomic E-state index is 7.49. The lowest BCUT2D eigenvalue weighted by molar-refractivity contribution is 0.147. The summed E-state index contributed by atoms with van der Waals surface area (Å²) in [7, 11) is 1.69. The summed E-state index contributed by atoms with van der Waals surface area (Å²) in [4.78, 5) is 6.37. The van der Waals surface area contributed by atoms with Crippen LogP contribution >= 0.6 is 0 Å². The fraction of sp³-hybridized carbons (Fsp3) is 0.500. The van der Waals surface area contributed by atoms with Gasteiger partial charge < -0.3 is 10.5 Å². The van der Waals surface area contributed by atoms with Gasteiger partial charge in [-0.3, -0.25) is 15.3 Å². The molecule has 5 heteroatoms. The van der Waals surface area contributed by atoms with Gasteiger partial charge >= 0.3 is 0 Å². The van der Waals surface area contributed by atoms with Gasteiger partial charge in [-0.05, 0) is 18.2 Å². The third-order valence-corrected chi connectivity index (χ3v) is 2.60. The fourth-order valence-electron chi connectivity index (χ4n) is 1.62. The van der Waals surface area contributed by atoms with Gasteiger partial charge in [0.05, 0.1) is 6.61 Å². The maximum atomic E-state index is 7.49. The van der Waals surface area contributed by atoms with Crippen LogP contribution in [0.2, 0.25) is 0 Å². The summed E-state index contributed by atoms with van der Waals surface area (Å²) in [6, 6.07) is 3.82. The molecule has 0 aliphatic rings. The minimum atomic E-state index is 0.0170. The summed E-state index contributed by atoms with van der Waals surface area (Å²) in [6.45, 7) is 5.32. The summed E-state index contributed by atoms with van der Waals surface area (Å²) in [5.41, 5.74) is 7.07. The third-order valence-electron chi connectivity index (χ3n) is 2.60. The van der Waals surface area contributed by atoms with Crippen molar-refractivity contribution in [1.29, 1.82) is 5.41 Å². The highest BCUT2D eigenvalue weighted by Gasteiger charge is 2.10. The lowest BCUT2D eigenvalue weighted by atomic mass is 10.1. The number of pyridine rings is 1. The largest absolute Gasteiger partial charge is 0.383 e. The van der Waals surface area contributed by atoms with Crippen LogP contribution in [0.5, 0.6) is 0 Å². The Kier molecular flexibility index (Phi) is 5.59. The summed E-state index contributed by atoms with van der Waals surface area (Å²) in [6.07, 6.45) is 1.66. The number of ether oxygens (including phenoxy) is 1. The molecule has 0 amide bonds. The summed E-state index contributed by atoms with van der Waals surface area (Å²) < 4.78 is 5.07. The first-order valence-corrected chi connectivity index (χ1v) is 5.68. The summed E-state index contributed by atoms with van der Waals surface area (Å²) in [5.74, 6) is 0.0170. The SMILES string of the molecule is CCN(CCOC)Cc1cccnc1C(=N)N. The second-order valence-corrected chi connectivity index (χ2v) is 3.79. The Bertz CT molecular complexity index is 367. The number of amidine groups is 1. The highest BCUT2D eigenvalue weighted by molar-refractivity contribution is 5.94. The topological polar surface area (TPSA) is 75.2 Å². The number of methoxy groups -OCH3 is 1. The number of rotatable bonds is 7. The lowest BCUT2D eigenvalue weighted by Crippen LogP contribution is -2.28. The molecule has 1 aromatic rings. The molecular weight excluding hydrogens is 216 g/mol. The Labute approximate surface area is 102 Å². The van der Waals surface area contributed by atoms with E-state index in [1.54, 1.807) is 13.3 Å². The molecule has 17 heavy (non-hydrogen) atoms. The average molecular weight is 236 g/mol. The molecule has 1 heterocycles. The molecule has 3 N–H and O–H groups in total. The van der Waals surface area contributed by atoms with Gasteiger partial charge in [0.15, 0.2) is 0 Å². The number of nitrogens with one attached hydrogen (secondary N) is 1. The molecule has 1 aromatic heterocycles. The zero-order valence-electron chi connectivity index (χ0n) is 10.4. The van der Waals surface area contributed by atoms with Gasteiger partial charge in [0.25, 0.3) is 0 Å². The highest BCUT2D eigenvalue weighted by Crippen LogP contribution is 2.08. The van der Waals surface area contributed by atoms with E-state index in [1.165, 1.54) is 0 Å². The normalized spacial score (nSPS) is 10.8. The minimum Gasteiger partial charge on any atom is -0.383 e. The first-order chi connectivity index (χ1) is 8.19. The van der Waals surface area contributed by atoms with E-state index in [-0.39, 0.29) is 5.84 Å². The first kappa shape index (κ1) is 13.6. The Balaban J connectivity index is 2.75. The van der Waals surface area contributed by atoms with E-state index in [2.05, 4.69) is 16.8 Å². The molecule has 0 atom stereocenters. The second-order valence-electron chi connectivity index (χ2n) is 3.79. The van der Waals surface area contributed by atoms with Gasteiger partial charge in [-0.2, -0.15) is 0 Å². The van der Waals surface area contributed by atoms with Crippen LogP contribution in [-0.4, -0.2) is 42.5 Å². The quantitative estimate of drug-likeness (QED) is 0.543. The predicted molar refractivity (Wildman–Crippen MR) is 68.1 cm³/mol. The predicted octanol–water partition coefficient (Wildman–Crippen LogP) is 0.834. The monoisotopic (exact) mass is 236 g/mol. The van der Waals surface area contributed by atoms with Crippen molar-refractivity contribution >= 4 is 5.84 Å². The molecule has 0 saturated heterocycles. The second kappa shape index (κ2) is 6.98. The summed E-state index contributed by atoms with van der Waals surface area (Å²) in [5, 5.41) is 7.49. The lowest BCUT2D eigenvalue weighted by Gasteiger charge is -2.20. The van der Waals surface area contributed by atoms with Crippen molar-refractivity contribution in [3.8, 4) is 0 Å². The molecule has 0 saturated carbocycles. The molecule has 94 valence electrons. The minimum absolute atomic E-state index is 0.0170. The number of aromatic nitrogens is 1. The van der Waals surface area contributed by atoms with E-state index in [0.717, 1.165) is 25.2 Å². The van der Waals surface area contributed by atoms with Gasteiger partial charge in [-0.15, -0.1) is 0 Å². The molecule has 0 spiro atoms. The van der Waals surface area contributed by atoms with Gasteiger partial charge in [0.1, 0.15) is 11.5 Å². The Morgan fingerprint density at radius 1 is 1.59 bits per heavy atom. The number of nitrogen functional groups attached to an aromatic ring is 1. The molecular formula is C12H20N4O. The van der Waals surface area contributed by atoms with Gasteiger partial charge in [-0.1, -0.05) is 13.0 Å². The van der Waals surface area contributed by atoms with E-state index in [0.29, 0.717) is 12.3 Å². The van der Waals surface area contributed by atoms with Crippen LogP contribution in [0, 0.1) is 5.41 Å². The van der Waals surface area contributed by atoms with E-state index < -0.39 is 0 Å². The molecule has 0 aromatic carbocycles. The molecule has 0 unspecified atom stereocenters. The summed E-state index contributed by atoms with van der Waals surface area (Å²) >= 11 is 0. The van der Waals surface area contributed by atoms with Gasteiger partial charge in [-0.25, -0.2) is 0 Å². The standard InChI is InChI=1S/C12H20N4O/c1-3-16(7-8-17-2)9-10-5-4-6-15-11(10)12(13)14/h4-6H,3,7-9H2,1-2H3,(H3,13,14). The van der Waals surface area contributed by atoms with Gasteiger partial charge in [0.2, 0.25) is 0 Å². The molecule has 0 aliphatic heterocycles. The van der Waals surface area contributed by atoms with Crippen LogP contribution in [-0.2, 0) is 11.3 Å². The fourth-order valence-corrected chi connectivity index (χ4v) is 1.62. The van der Waals surface area contributed by atoms with Crippen LogP contribution in [0.25, 0.3) is 0 Å². The van der Waals surface area contributed by atoms with E-state index in [9.17, 15) is 0 Å². The van der Waals surface area contributed by atoms with Crippen molar-refractivity contribution in [3.05, 3.63) is 29.6 Å². The van der Waals surface area contributed by atoms with Crippen LogP contribution in [0.3, 0.4) is 0 Å². The van der Waals surface area contributed by atoms with Crippen molar-refractivity contribution < 1.29 is 4.74 Å². The van der Waals surface area contributed by atoms with E-state index in [4.69, 9.17) is 15.9 Å². The van der Waals surface area contributed by atoms with Crippen LogP contribution in [0.15, 0.2) is 18.3 Å². The number of likely N-dealkylation sites (N-methyl/N-ethyl adjacent to an activating group) is 1. The number of nitrogens with zero attached hydrogens (tertiary/aromatic N) is 2. The smallest absolute Gasteiger partial charge is 0.142 e. The van der Waals surface area contributed by atoms with Crippen molar-refractivity contribution in [2.45, 2.75) is 13.5 Å². The van der Waals surface area contributed by atoms with Crippen molar-refractivity contribution in [2.75, 3.05) is 26.8 Å². The molecule has 5 nitrogen and oxygen atoms in total. The number of hydrogen-bond donors (Lipinski definition) is 2. The third kappa shape index (κ3) is 4.13. The van der Waals surface area contributed by atoms with Gasteiger partial charge in [0, 0.05) is 26.4 Å². The van der Waals surface area contributed by atoms with Crippen LogP contribution in [0.4, 0.5) is 0 Å². The van der Waals surface area contributed by atoms with Crippen LogP contribution < -0.4 is 5.73 Å². The van der Waals surface area contributed by atoms with Crippen molar-refractivity contribution in [1.82, 2.24) is 9.88 Å². The van der Waals surface area contributed by atoms with E-state index >= 15 is 0 Å². The zero-order valence-corrected chi connectivity index (χ0v) is 10.4. The molecule has 1 rings (SSSR count). The Morgan fingerprint density at radius 3 is 2.94 bits per heavy atom. The molecule has 0 radical (unpaired) electrons. The molecule has 0 aliphatic carbocycles. The zero-order chi connectivity index (χ0) is 12.7. The molecule has 0 bridgehead atoms. The maximum Gasteiger partial charge on any atom is 0.142 e. The highest BCUT2D eigenvalue weighted by atomic mass is 16.5. The Morgan fingerprint density at radius 2 is 2.35 bits per heavy atom. The molecule has 0 fully saturated rings. The van der Waals surface area contributed by atoms with Crippen LogP contribution in [0.1, 0.15) is 18.2 Å². The van der Waals surface area contributed by atoms with E-state index in [1.807, 2.05) is 12.1 Å². The first-order valence-electron chi connectivity index (χ1n) is 5.68. The number of nitrogens with two attached hydrogens (primary N) is 1. The van der Waals surface area contributed by atoms with Crippen molar-refractivity contribution in [2.24, 2.45) is 5.73 Å². The number of hydrogen-bond acceptors (Lipinski definition) is 4. The Hall–Kier alpha value is -1.46. The average Bonchev–Trinajstić information content (AvgIpc) is 2.34.